The normalized spacial score (nSPS) is 15.3. The summed E-state index contributed by atoms with van der Waals surface area (Å²) in [4.78, 5) is 17.7. The molecule has 1 aliphatic rings. The Kier molecular flexibility index (Phi) is 10.3. The lowest BCUT2D eigenvalue weighted by molar-refractivity contribution is 0.0963. The van der Waals surface area contributed by atoms with E-state index < -0.39 is 0 Å². The number of ether oxygens (including phenoxy) is 1. The number of hydrogen-bond donors (Lipinski definition) is 2. The number of aliphatic imine (C=N–C) groups is 1. The second kappa shape index (κ2) is 11.9. The summed E-state index contributed by atoms with van der Waals surface area (Å²) in [7, 11) is 0. The first-order valence-electron chi connectivity index (χ1n) is 8.81. The van der Waals surface area contributed by atoms with Gasteiger partial charge in [0.25, 0.3) is 0 Å². The first-order valence-corrected chi connectivity index (χ1v) is 8.81. The zero-order valence-electron chi connectivity index (χ0n) is 15.1. The minimum absolute atomic E-state index is 0. The van der Waals surface area contributed by atoms with Crippen LogP contribution in [0.3, 0.4) is 0 Å². The van der Waals surface area contributed by atoms with E-state index >= 15 is 0 Å². The molecule has 1 amide bonds. The minimum atomic E-state index is -0.250. The van der Waals surface area contributed by atoms with E-state index in [0.29, 0.717) is 32.2 Å². The van der Waals surface area contributed by atoms with Crippen LogP contribution in [0.15, 0.2) is 29.3 Å². The van der Waals surface area contributed by atoms with Gasteiger partial charge >= 0.3 is 6.09 Å². The van der Waals surface area contributed by atoms with Gasteiger partial charge in [0.15, 0.2) is 5.96 Å². The Hall–Kier alpha value is -1.58. The number of hydrogen-bond acceptors (Lipinski definition) is 3. The molecule has 0 atom stereocenters. The van der Waals surface area contributed by atoms with E-state index in [1.165, 1.54) is 6.07 Å². The number of carbonyl (C=O) groups excluding carboxylic acids is 1. The van der Waals surface area contributed by atoms with E-state index in [-0.39, 0.29) is 41.9 Å². The molecule has 0 bridgehead atoms. The zero-order valence-corrected chi connectivity index (χ0v) is 17.4. The first kappa shape index (κ1) is 22.5. The van der Waals surface area contributed by atoms with Crippen molar-refractivity contribution >= 4 is 36.0 Å². The summed E-state index contributed by atoms with van der Waals surface area (Å²) in [5, 5.41) is 3.21. The lowest BCUT2D eigenvalue weighted by atomic mass is 10.1. The highest BCUT2D eigenvalue weighted by Crippen LogP contribution is 2.11. The number of benzene rings is 1. The van der Waals surface area contributed by atoms with Crippen molar-refractivity contribution in [2.24, 2.45) is 10.7 Å². The predicted molar refractivity (Wildman–Crippen MR) is 111 cm³/mol. The Balaban J connectivity index is 0.00000338. The van der Waals surface area contributed by atoms with Gasteiger partial charge in [0.2, 0.25) is 0 Å². The standard InChI is InChI=1S/C18H27FN4O2.HI/c1-2-25-18(24)23-11-8-16(9-12-23)22-17(20)21-10-4-6-14-5-3-7-15(19)13-14;/h3,5,7,13,16H,2,4,6,8-12H2,1H3,(H3,20,21,22);1H. The van der Waals surface area contributed by atoms with Crippen LogP contribution in [0, 0.1) is 5.82 Å². The van der Waals surface area contributed by atoms with E-state index in [2.05, 4.69) is 10.3 Å². The molecule has 8 heteroatoms. The number of guanidine groups is 1. The van der Waals surface area contributed by atoms with Crippen LogP contribution in [0.4, 0.5) is 9.18 Å². The molecule has 6 nitrogen and oxygen atoms in total. The number of piperidine rings is 1. The van der Waals surface area contributed by atoms with E-state index in [0.717, 1.165) is 31.2 Å². The summed E-state index contributed by atoms with van der Waals surface area (Å²) < 4.78 is 18.1. The van der Waals surface area contributed by atoms with E-state index in [4.69, 9.17) is 10.5 Å². The lowest BCUT2D eigenvalue weighted by Crippen LogP contribution is -2.48. The predicted octanol–water partition coefficient (Wildman–Crippen LogP) is 2.90. The van der Waals surface area contributed by atoms with Gasteiger partial charge in [0.1, 0.15) is 5.82 Å². The molecule has 1 aromatic rings. The maximum atomic E-state index is 13.1. The van der Waals surface area contributed by atoms with Crippen LogP contribution in [0.5, 0.6) is 0 Å². The van der Waals surface area contributed by atoms with E-state index in [1.807, 2.05) is 6.07 Å². The number of rotatable bonds is 6. The summed E-state index contributed by atoms with van der Waals surface area (Å²) in [6.45, 7) is 4.10. The monoisotopic (exact) mass is 478 g/mol. The molecule has 1 heterocycles. The summed E-state index contributed by atoms with van der Waals surface area (Å²) in [6.07, 6.45) is 2.97. The van der Waals surface area contributed by atoms with Crippen LogP contribution in [-0.2, 0) is 11.2 Å². The van der Waals surface area contributed by atoms with Crippen molar-refractivity contribution in [3.05, 3.63) is 35.6 Å². The van der Waals surface area contributed by atoms with Crippen LogP contribution in [-0.4, -0.2) is 49.2 Å². The van der Waals surface area contributed by atoms with Crippen molar-refractivity contribution in [2.45, 2.75) is 38.6 Å². The van der Waals surface area contributed by atoms with Crippen LogP contribution in [0.25, 0.3) is 0 Å². The molecule has 1 aromatic carbocycles. The number of halogens is 2. The zero-order chi connectivity index (χ0) is 18.1. The number of likely N-dealkylation sites (tertiary alicyclic amines) is 1. The van der Waals surface area contributed by atoms with Crippen LogP contribution < -0.4 is 11.1 Å². The van der Waals surface area contributed by atoms with Crippen molar-refractivity contribution in [1.82, 2.24) is 10.2 Å². The van der Waals surface area contributed by atoms with Gasteiger partial charge in [0.05, 0.1) is 6.61 Å². The van der Waals surface area contributed by atoms with Gasteiger partial charge in [-0.05, 0) is 50.3 Å². The third-order valence-electron chi connectivity index (χ3n) is 4.17. The molecule has 0 spiro atoms. The third kappa shape index (κ3) is 7.76. The van der Waals surface area contributed by atoms with Gasteiger partial charge in [-0.25, -0.2) is 9.18 Å². The molecular weight excluding hydrogens is 450 g/mol. The summed E-state index contributed by atoms with van der Waals surface area (Å²) in [5.74, 6) is 0.213. The molecule has 0 saturated carbocycles. The minimum Gasteiger partial charge on any atom is -0.450 e. The first-order chi connectivity index (χ1) is 12.1. The Morgan fingerprint density at radius 1 is 1.42 bits per heavy atom. The third-order valence-corrected chi connectivity index (χ3v) is 4.17. The molecule has 0 aliphatic carbocycles. The topological polar surface area (TPSA) is 80.0 Å². The average molecular weight is 478 g/mol. The molecule has 1 fully saturated rings. The Bertz CT molecular complexity index is 592. The number of nitrogens with two attached hydrogens (primary N) is 1. The van der Waals surface area contributed by atoms with E-state index in [9.17, 15) is 9.18 Å². The fourth-order valence-electron chi connectivity index (χ4n) is 2.85. The van der Waals surface area contributed by atoms with Gasteiger partial charge in [-0.1, -0.05) is 12.1 Å². The maximum absolute atomic E-state index is 13.1. The number of amides is 1. The fraction of sp³-hybridized carbons (Fsp3) is 0.556. The summed E-state index contributed by atoms with van der Waals surface area (Å²) in [5.41, 5.74) is 6.89. The molecule has 26 heavy (non-hydrogen) atoms. The van der Waals surface area contributed by atoms with Crippen LogP contribution in [0.2, 0.25) is 0 Å². The highest BCUT2D eigenvalue weighted by molar-refractivity contribution is 14.0. The molecule has 0 radical (unpaired) electrons. The molecule has 146 valence electrons. The molecule has 1 saturated heterocycles. The van der Waals surface area contributed by atoms with Crippen molar-refractivity contribution < 1.29 is 13.9 Å². The molecular formula is C18H28FIN4O2. The van der Waals surface area contributed by atoms with Gasteiger partial charge in [-0.15, -0.1) is 24.0 Å². The quantitative estimate of drug-likeness (QED) is 0.285. The molecule has 0 unspecified atom stereocenters. The van der Waals surface area contributed by atoms with Crippen molar-refractivity contribution in [3.8, 4) is 0 Å². The number of aryl methyl sites for hydroxylation is 1. The lowest BCUT2D eigenvalue weighted by Gasteiger charge is -2.31. The highest BCUT2D eigenvalue weighted by Gasteiger charge is 2.23. The number of nitrogens with zero attached hydrogens (tertiary/aromatic N) is 2. The second-order valence-corrected chi connectivity index (χ2v) is 6.11. The molecule has 2 rings (SSSR count). The van der Waals surface area contributed by atoms with Gasteiger partial charge in [-0.3, -0.25) is 4.99 Å². The van der Waals surface area contributed by atoms with Crippen molar-refractivity contribution in [2.75, 3.05) is 26.2 Å². The Morgan fingerprint density at radius 2 is 2.15 bits per heavy atom. The van der Waals surface area contributed by atoms with E-state index in [1.54, 1.807) is 24.0 Å². The summed E-state index contributed by atoms with van der Waals surface area (Å²) >= 11 is 0. The van der Waals surface area contributed by atoms with Gasteiger partial charge in [0, 0.05) is 25.7 Å². The number of carbonyl (C=O) groups is 1. The van der Waals surface area contributed by atoms with Crippen LogP contribution >= 0.6 is 24.0 Å². The maximum Gasteiger partial charge on any atom is 0.409 e. The highest BCUT2D eigenvalue weighted by atomic mass is 127. The number of nitrogens with one attached hydrogen (secondary N) is 1. The molecule has 3 N–H and O–H groups in total. The molecule has 1 aliphatic heterocycles. The Morgan fingerprint density at radius 3 is 2.81 bits per heavy atom. The summed E-state index contributed by atoms with van der Waals surface area (Å²) in [6, 6.07) is 6.83. The second-order valence-electron chi connectivity index (χ2n) is 6.11. The smallest absolute Gasteiger partial charge is 0.409 e. The SMILES string of the molecule is CCOC(=O)N1CCC(NC(N)=NCCCc2cccc(F)c2)CC1.I. The molecule has 0 aromatic heterocycles. The average Bonchev–Trinajstić information content (AvgIpc) is 2.60. The van der Waals surface area contributed by atoms with Crippen LogP contribution in [0.1, 0.15) is 31.7 Å². The largest absolute Gasteiger partial charge is 0.450 e. The van der Waals surface area contributed by atoms with Gasteiger partial charge in [-0.2, -0.15) is 0 Å². The van der Waals surface area contributed by atoms with Gasteiger partial charge < -0.3 is 20.7 Å². The fourth-order valence-corrected chi connectivity index (χ4v) is 2.85. The van der Waals surface area contributed by atoms with Crippen molar-refractivity contribution in [1.29, 1.82) is 0 Å². The Labute approximate surface area is 171 Å². The van der Waals surface area contributed by atoms with Crippen molar-refractivity contribution in [3.63, 3.8) is 0 Å².